The molecule has 1 N–H and O–H groups in total. The highest BCUT2D eigenvalue weighted by molar-refractivity contribution is 7.14. The molecule has 0 aliphatic heterocycles. The number of carbonyl (C=O) groups excluding carboxylic acids is 1. The molecule has 0 unspecified atom stereocenters. The first-order valence-corrected chi connectivity index (χ1v) is 10.2. The van der Waals surface area contributed by atoms with Crippen LogP contribution in [0.3, 0.4) is 0 Å². The number of aromatic nitrogens is 1. The Kier molecular flexibility index (Phi) is 5.75. The van der Waals surface area contributed by atoms with Crippen molar-refractivity contribution in [2.24, 2.45) is 0 Å². The lowest BCUT2D eigenvalue weighted by molar-refractivity contribution is -0.112. The molecular formula is C23H14ClN3O2S. The van der Waals surface area contributed by atoms with E-state index in [2.05, 4.69) is 10.3 Å². The van der Waals surface area contributed by atoms with Gasteiger partial charge in [-0.1, -0.05) is 54.1 Å². The summed E-state index contributed by atoms with van der Waals surface area (Å²) in [6.45, 7) is 0. The Morgan fingerprint density at radius 1 is 1.10 bits per heavy atom. The molecule has 0 fully saturated rings. The Balaban J connectivity index is 1.50. The highest BCUT2D eigenvalue weighted by Gasteiger charge is 2.14. The topological polar surface area (TPSA) is 78.9 Å². The van der Waals surface area contributed by atoms with Crippen molar-refractivity contribution in [2.75, 3.05) is 5.32 Å². The van der Waals surface area contributed by atoms with Crippen molar-refractivity contribution < 1.29 is 9.21 Å². The SMILES string of the molecule is N#C/C(=C/c1ccc(-c2cccc(Cl)c2)o1)C(=O)Nc1nc(-c2ccccc2)cs1. The maximum Gasteiger partial charge on any atom is 0.268 e. The minimum absolute atomic E-state index is 0.0848. The number of furan rings is 1. The lowest BCUT2D eigenvalue weighted by Crippen LogP contribution is -2.13. The summed E-state index contributed by atoms with van der Waals surface area (Å²) in [7, 11) is 0. The van der Waals surface area contributed by atoms with E-state index in [-0.39, 0.29) is 5.57 Å². The number of rotatable bonds is 5. The van der Waals surface area contributed by atoms with Crippen molar-refractivity contribution in [1.82, 2.24) is 4.98 Å². The number of benzene rings is 2. The van der Waals surface area contributed by atoms with Crippen LogP contribution in [0.2, 0.25) is 5.02 Å². The standard InChI is InChI=1S/C23H14ClN3O2S/c24-18-8-4-7-16(11-18)21-10-9-19(29-21)12-17(13-25)22(28)27-23-26-20(14-30-23)15-5-2-1-3-6-15/h1-12,14H,(H,26,27,28)/b17-12-. The zero-order valence-corrected chi connectivity index (χ0v) is 17.1. The Bertz CT molecular complexity index is 1270. The van der Waals surface area contributed by atoms with Gasteiger partial charge in [-0.2, -0.15) is 5.26 Å². The van der Waals surface area contributed by atoms with Crippen LogP contribution in [0.25, 0.3) is 28.7 Å². The summed E-state index contributed by atoms with van der Waals surface area (Å²) in [6.07, 6.45) is 1.40. The quantitative estimate of drug-likeness (QED) is 0.298. The molecule has 0 radical (unpaired) electrons. The second-order valence-corrected chi connectivity index (χ2v) is 7.53. The molecule has 0 aliphatic rings. The van der Waals surface area contributed by atoms with E-state index in [4.69, 9.17) is 16.0 Å². The number of anilines is 1. The van der Waals surface area contributed by atoms with Gasteiger partial charge in [-0.05, 0) is 24.3 Å². The fraction of sp³-hybridized carbons (Fsp3) is 0. The van der Waals surface area contributed by atoms with Gasteiger partial charge in [0.15, 0.2) is 5.13 Å². The predicted molar refractivity (Wildman–Crippen MR) is 119 cm³/mol. The molecule has 7 heteroatoms. The smallest absolute Gasteiger partial charge is 0.268 e. The Hall–Kier alpha value is -3.66. The van der Waals surface area contributed by atoms with Crippen molar-refractivity contribution in [3.63, 3.8) is 0 Å². The van der Waals surface area contributed by atoms with Gasteiger partial charge in [0.05, 0.1) is 5.69 Å². The van der Waals surface area contributed by atoms with E-state index in [1.54, 1.807) is 24.3 Å². The highest BCUT2D eigenvalue weighted by Crippen LogP contribution is 2.27. The first kappa shape index (κ1) is 19.6. The van der Waals surface area contributed by atoms with E-state index in [9.17, 15) is 10.1 Å². The molecule has 4 rings (SSSR count). The van der Waals surface area contributed by atoms with Gasteiger partial charge in [-0.3, -0.25) is 10.1 Å². The number of hydrogen-bond acceptors (Lipinski definition) is 5. The second-order valence-electron chi connectivity index (χ2n) is 6.24. The summed E-state index contributed by atoms with van der Waals surface area (Å²) in [4.78, 5) is 16.9. The molecule has 1 amide bonds. The summed E-state index contributed by atoms with van der Waals surface area (Å²) in [5, 5.41) is 15.0. The van der Waals surface area contributed by atoms with Crippen molar-refractivity contribution in [1.29, 1.82) is 5.26 Å². The van der Waals surface area contributed by atoms with Gasteiger partial charge in [0.1, 0.15) is 23.2 Å². The molecule has 4 aromatic rings. The lowest BCUT2D eigenvalue weighted by atomic mass is 10.2. The predicted octanol–water partition coefficient (Wildman–Crippen LogP) is 6.27. The largest absolute Gasteiger partial charge is 0.457 e. The minimum atomic E-state index is -0.549. The van der Waals surface area contributed by atoms with Gasteiger partial charge in [0.25, 0.3) is 5.91 Å². The molecule has 146 valence electrons. The normalized spacial score (nSPS) is 11.1. The van der Waals surface area contributed by atoms with E-state index < -0.39 is 5.91 Å². The van der Waals surface area contributed by atoms with Crippen LogP contribution >= 0.6 is 22.9 Å². The van der Waals surface area contributed by atoms with Crippen molar-refractivity contribution in [3.8, 4) is 28.7 Å². The summed E-state index contributed by atoms with van der Waals surface area (Å²) >= 11 is 7.31. The van der Waals surface area contributed by atoms with Crippen LogP contribution in [0.15, 0.2) is 82.1 Å². The van der Waals surface area contributed by atoms with E-state index in [0.717, 1.165) is 16.8 Å². The van der Waals surface area contributed by atoms with Gasteiger partial charge < -0.3 is 4.42 Å². The highest BCUT2D eigenvalue weighted by atomic mass is 35.5. The molecule has 2 aromatic carbocycles. The molecule has 30 heavy (non-hydrogen) atoms. The van der Waals surface area contributed by atoms with E-state index in [0.29, 0.717) is 21.7 Å². The third-order valence-corrected chi connectivity index (χ3v) is 5.17. The fourth-order valence-corrected chi connectivity index (χ4v) is 3.66. The van der Waals surface area contributed by atoms with Gasteiger partial charge in [0, 0.05) is 27.6 Å². The lowest BCUT2D eigenvalue weighted by Gasteiger charge is -2.00. The summed E-state index contributed by atoms with van der Waals surface area (Å²) in [6, 6.07) is 22.2. The van der Waals surface area contributed by atoms with Crippen LogP contribution in [-0.2, 0) is 4.79 Å². The molecule has 0 saturated carbocycles. The molecule has 2 aromatic heterocycles. The average molecular weight is 432 g/mol. The third kappa shape index (κ3) is 4.49. The molecule has 0 bridgehead atoms. The fourth-order valence-electron chi connectivity index (χ4n) is 2.76. The van der Waals surface area contributed by atoms with Crippen LogP contribution in [-0.4, -0.2) is 10.9 Å². The first-order chi connectivity index (χ1) is 14.6. The summed E-state index contributed by atoms with van der Waals surface area (Å²) in [5.74, 6) is 0.432. The number of hydrogen-bond donors (Lipinski definition) is 1. The molecule has 0 spiro atoms. The number of nitrogens with one attached hydrogen (secondary N) is 1. The maximum absolute atomic E-state index is 12.5. The van der Waals surface area contributed by atoms with E-state index in [1.165, 1.54) is 17.4 Å². The first-order valence-electron chi connectivity index (χ1n) is 8.92. The minimum Gasteiger partial charge on any atom is -0.457 e. The van der Waals surface area contributed by atoms with Crippen molar-refractivity contribution in [2.45, 2.75) is 0 Å². The van der Waals surface area contributed by atoms with Crippen LogP contribution in [0, 0.1) is 11.3 Å². The van der Waals surface area contributed by atoms with Gasteiger partial charge in [-0.15, -0.1) is 11.3 Å². The Morgan fingerprint density at radius 3 is 2.67 bits per heavy atom. The van der Waals surface area contributed by atoms with Gasteiger partial charge >= 0.3 is 0 Å². The third-order valence-electron chi connectivity index (χ3n) is 4.18. The molecule has 5 nitrogen and oxygen atoms in total. The van der Waals surface area contributed by atoms with Crippen LogP contribution < -0.4 is 5.32 Å². The molecular weight excluding hydrogens is 418 g/mol. The number of thiazole rings is 1. The van der Waals surface area contributed by atoms with Gasteiger partial charge in [-0.25, -0.2) is 4.98 Å². The maximum atomic E-state index is 12.5. The second kappa shape index (κ2) is 8.78. The molecule has 0 saturated heterocycles. The van der Waals surface area contributed by atoms with Gasteiger partial charge in [0.2, 0.25) is 0 Å². The average Bonchev–Trinajstić information content (AvgIpc) is 3.42. The summed E-state index contributed by atoms with van der Waals surface area (Å²) in [5.41, 5.74) is 2.44. The molecule has 0 atom stereocenters. The summed E-state index contributed by atoms with van der Waals surface area (Å²) < 4.78 is 5.74. The van der Waals surface area contributed by atoms with E-state index >= 15 is 0 Å². The van der Waals surface area contributed by atoms with Crippen molar-refractivity contribution in [3.05, 3.63) is 88.5 Å². The Labute approximate surface area is 181 Å². The Morgan fingerprint density at radius 2 is 1.90 bits per heavy atom. The zero-order chi connectivity index (χ0) is 20.9. The molecule has 0 aliphatic carbocycles. The number of nitriles is 1. The number of carbonyl (C=O) groups is 1. The van der Waals surface area contributed by atoms with E-state index in [1.807, 2.05) is 53.9 Å². The molecule has 2 heterocycles. The van der Waals surface area contributed by atoms with Crippen LogP contribution in [0.4, 0.5) is 5.13 Å². The van der Waals surface area contributed by atoms with Crippen LogP contribution in [0.5, 0.6) is 0 Å². The number of halogens is 1. The number of amides is 1. The van der Waals surface area contributed by atoms with Crippen LogP contribution in [0.1, 0.15) is 5.76 Å². The van der Waals surface area contributed by atoms with Crippen molar-refractivity contribution >= 4 is 40.1 Å². The monoisotopic (exact) mass is 431 g/mol. The number of nitrogens with zero attached hydrogens (tertiary/aromatic N) is 2. The zero-order valence-electron chi connectivity index (χ0n) is 15.5.